The zero-order valence-corrected chi connectivity index (χ0v) is 29.2. The quantitative estimate of drug-likeness (QED) is 0.187. The molecule has 0 radical (unpaired) electrons. The van der Waals surface area contributed by atoms with E-state index in [2.05, 4.69) is 128 Å². The van der Waals surface area contributed by atoms with Crippen molar-refractivity contribution < 1.29 is 0 Å². The van der Waals surface area contributed by atoms with Gasteiger partial charge in [0.15, 0.2) is 11.3 Å². The molecule has 6 heterocycles. The molecule has 0 spiro atoms. The second-order valence-electron chi connectivity index (χ2n) is 13.5. The van der Waals surface area contributed by atoms with E-state index in [1.54, 1.807) is 0 Å². The van der Waals surface area contributed by atoms with Gasteiger partial charge in [-0.25, -0.2) is 24.5 Å². The van der Waals surface area contributed by atoms with E-state index < -0.39 is 0 Å². The summed E-state index contributed by atoms with van der Waals surface area (Å²) < 4.78 is 6.20. The van der Waals surface area contributed by atoms with E-state index in [0.29, 0.717) is 35.5 Å². The molecule has 240 valence electrons. The van der Waals surface area contributed by atoms with E-state index in [1.165, 1.54) is 28.2 Å². The van der Waals surface area contributed by atoms with E-state index in [-0.39, 0.29) is 0 Å². The second-order valence-corrected chi connectivity index (χ2v) is 13.5. The van der Waals surface area contributed by atoms with Gasteiger partial charge in [-0.2, -0.15) is 5.10 Å². The molecular weight excluding hydrogens is 558 g/mol. The molecule has 6 aromatic rings. The van der Waals surface area contributed by atoms with Gasteiger partial charge in [0, 0.05) is 59.7 Å². The molecule has 6 rings (SSSR count). The number of aromatic nitrogens is 9. The molecule has 0 aliphatic rings. The van der Waals surface area contributed by atoms with Gasteiger partial charge in [0.25, 0.3) is 0 Å². The lowest BCUT2D eigenvalue weighted by atomic mass is 10.1. The first-order valence-electron chi connectivity index (χ1n) is 16.3. The van der Waals surface area contributed by atoms with Crippen molar-refractivity contribution in [3.05, 3.63) is 89.7 Å². The van der Waals surface area contributed by atoms with Crippen LogP contribution in [0.25, 0.3) is 16.9 Å². The minimum absolute atomic E-state index is 0.413. The molecule has 0 atom stereocenters. The Balaban J connectivity index is 0.000000154. The van der Waals surface area contributed by atoms with Crippen molar-refractivity contribution in [3.63, 3.8) is 0 Å². The Bertz CT molecular complexity index is 1620. The van der Waals surface area contributed by atoms with Crippen molar-refractivity contribution in [2.45, 2.75) is 119 Å². The molecule has 0 N–H and O–H groups in total. The molecule has 9 heteroatoms. The highest BCUT2D eigenvalue weighted by molar-refractivity contribution is 5.50. The molecule has 0 aliphatic carbocycles. The Kier molecular flexibility index (Phi) is 10.7. The molecule has 45 heavy (non-hydrogen) atoms. The minimum Gasteiger partial charge on any atom is -0.301 e. The molecule has 0 aromatic carbocycles. The zero-order chi connectivity index (χ0) is 33.0. The van der Waals surface area contributed by atoms with E-state index in [9.17, 15) is 0 Å². The van der Waals surface area contributed by atoms with Crippen LogP contribution in [0.15, 0.2) is 55.8 Å². The van der Waals surface area contributed by atoms with Crippen LogP contribution >= 0.6 is 0 Å². The topological polar surface area (TPSA) is 90.6 Å². The fourth-order valence-electron chi connectivity index (χ4n) is 5.35. The standard InChI is InChI=1S/3C12H17N3/c1-8(2)10-5-13-7-15-11(9(3)4)6-14-12(10)15;1-8(2)10-7-14-12-11(9(3)4)13-5-6-15(10)12;1-8(2)10-5-6-14-15-11(9(3)4)7-13-12(10)15/h3*5-9H,1-4H3. The molecule has 9 nitrogen and oxygen atoms in total. The van der Waals surface area contributed by atoms with Gasteiger partial charge in [0.2, 0.25) is 0 Å². The molecule has 0 saturated heterocycles. The van der Waals surface area contributed by atoms with Crippen LogP contribution in [-0.2, 0) is 0 Å². The van der Waals surface area contributed by atoms with Crippen LogP contribution in [0, 0.1) is 0 Å². The number of rotatable bonds is 6. The van der Waals surface area contributed by atoms with Crippen molar-refractivity contribution in [3.8, 4) is 0 Å². The average molecular weight is 610 g/mol. The second kappa shape index (κ2) is 14.3. The predicted molar refractivity (Wildman–Crippen MR) is 183 cm³/mol. The van der Waals surface area contributed by atoms with Gasteiger partial charge in [-0.1, -0.05) is 83.1 Å². The van der Waals surface area contributed by atoms with Crippen LogP contribution in [0.2, 0.25) is 0 Å². The van der Waals surface area contributed by atoms with Gasteiger partial charge in [0.1, 0.15) is 12.0 Å². The van der Waals surface area contributed by atoms with Crippen molar-refractivity contribution in [1.29, 1.82) is 0 Å². The lowest BCUT2D eigenvalue weighted by Gasteiger charge is -2.08. The Hall–Kier alpha value is -4.14. The average Bonchev–Trinajstić information content (AvgIpc) is 3.73. The molecule has 0 unspecified atom stereocenters. The maximum Gasteiger partial charge on any atom is 0.159 e. The summed E-state index contributed by atoms with van der Waals surface area (Å²) in [6.45, 7) is 26.0. The number of hydrogen-bond donors (Lipinski definition) is 0. The van der Waals surface area contributed by atoms with Crippen LogP contribution in [0.3, 0.4) is 0 Å². The van der Waals surface area contributed by atoms with Gasteiger partial charge in [-0.3, -0.25) is 9.38 Å². The highest BCUT2D eigenvalue weighted by Gasteiger charge is 2.14. The fraction of sp³-hybridized carbons (Fsp3) is 0.500. The van der Waals surface area contributed by atoms with Gasteiger partial charge >= 0.3 is 0 Å². The first-order valence-corrected chi connectivity index (χ1v) is 16.3. The van der Waals surface area contributed by atoms with Gasteiger partial charge < -0.3 is 4.40 Å². The van der Waals surface area contributed by atoms with Crippen LogP contribution in [0.5, 0.6) is 0 Å². The Labute approximate surface area is 268 Å². The molecule has 0 aliphatic heterocycles. The summed E-state index contributed by atoms with van der Waals surface area (Å²) in [6, 6.07) is 2.05. The maximum absolute atomic E-state index is 4.48. The van der Waals surface area contributed by atoms with Crippen LogP contribution in [0.4, 0.5) is 0 Å². The summed E-state index contributed by atoms with van der Waals surface area (Å²) in [5, 5.41) is 4.36. The fourth-order valence-corrected chi connectivity index (χ4v) is 5.35. The van der Waals surface area contributed by atoms with E-state index >= 15 is 0 Å². The first-order chi connectivity index (χ1) is 21.3. The summed E-state index contributed by atoms with van der Waals surface area (Å²) in [6.07, 6.45) is 15.3. The molecule has 0 amide bonds. The summed E-state index contributed by atoms with van der Waals surface area (Å²) in [7, 11) is 0. The Morgan fingerprint density at radius 3 is 1.62 bits per heavy atom. The van der Waals surface area contributed by atoms with Crippen molar-refractivity contribution in [1.82, 2.24) is 43.3 Å². The maximum atomic E-state index is 4.48. The lowest BCUT2D eigenvalue weighted by molar-refractivity contribution is 0.749. The number of hydrogen-bond acceptors (Lipinski definition) is 6. The third-order valence-corrected chi connectivity index (χ3v) is 7.99. The smallest absolute Gasteiger partial charge is 0.159 e. The molecule has 0 bridgehead atoms. The first kappa shape index (κ1) is 33.7. The Morgan fingerprint density at radius 1 is 0.489 bits per heavy atom. The number of nitrogens with zero attached hydrogens (tertiary/aromatic N) is 9. The van der Waals surface area contributed by atoms with E-state index in [0.717, 1.165) is 22.6 Å². The predicted octanol–water partition coefficient (Wildman–Crippen LogP) is 8.93. The molecule has 0 fully saturated rings. The van der Waals surface area contributed by atoms with E-state index in [4.69, 9.17) is 0 Å². The summed E-state index contributed by atoms with van der Waals surface area (Å²) in [4.78, 5) is 22.1. The SMILES string of the molecule is CC(C)c1ccnn2c(C(C)C)cnc12.CC(C)c1cncn2c(C(C)C)cnc12.CC(C)c1nccn2c(C(C)C)cnc12. The monoisotopic (exact) mass is 609 g/mol. The molecule has 6 aromatic heterocycles. The third-order valence-electron chi connectivity index (χ3n) is 7.99. The molecule has 0 saturated carbocycles. The third kappa shape index (κ3) is 7.24. The number of imidazole rings is 3. The molecular formula is C36H51N9. The highest BCUT2D eigenvalue weighted by Crippen LogP contribution is 2.24. The lowest BCUT2D eigenvalue weighted by Crippen LogP contribution is -2.02. The van der Waals surface area contributed by atoms with Crippen molar-refractivity contribution >= 4 is 16.9 Å². The number of fused-ring (bicyclic) bond motifs is 3. The largest absolute Gasteiger partial charge is 0.301 e. The Morgan fingerprint density at radius 2 is 1.04 bits per heavy atom. The zero-order valence-electron chi connectivity index (χ0n) is 29.2. The summed E-state index contributed by atoms with van der Waals surface area (Å²) in [5.41, 5.74) is 10.2. The van der Waals surface area contributed by atoms with E-state index in [1.807, 2.05) is 54.2 Å². The normalized spacial score (nSPS) is 11.9. The van der Waals surface area contributed by atoms with Gasteiger partial charge in [-0.15, -0.1) is 0 Å². The van der Waals surface area contributed by atoms with Crippen molar-refractivity contribution in [2.75, 3.05) is 0 Å². The minimum atomic E-state index is 0.413. The van der Waals surface area contributed by atoms with Crippen molar-refractivity contribution in [2.24, 2.45) is 0 Å². The summed E-state index contributed by atoms with van der Waals surface area (Å²) >= 11 is 0. The van der Waals surface area contributed by atoms with Gasteiger partial charge in [0.05, 0.1) is 17.6 Å². The van der Waals surface area contributed by atoms with Gasteiger partial charge in [-0.05, 0) is 41.6 Å². The van der Waals surface area contributed by atoms with Crippen LogP contribution in [0.1, 0.15) is 152 Å². The van der Waals surface area contributed by atoms with Crippen LogP contribution in [-0.4, -0.2) is 43.3 Å². The highest BCUT2D eigenvalue weighted by atomic mass is 15.3. The van der Waals surface area contributed by atoms with Crippen LogP contribution < -0.4 is 0 Å². The summed E-state index contributed by atoms with van der Waals surface area (Å²) in [5.74, 6) is 2.78.